The fourth-order valence-electron chi connectivity index (χ4n) is 4.47. The Morgan fingerprint density at radius 1 is 1.00 bits per heavy atom. The molecule has 1 aromatic rings. The van der Waals surface area contributed by atoms with E-state index in [-0.39, 0.29) is 43.6 Å². The molecule has 1 unspecified atom stereocenters. The molecule has 4 atom stereocenters. The molecule has 0 radical (unpaired) electrons. The van der Waals surface area contributed by atoms with Crippen LogP contribution in [-0.2, 0) is 24.0 Å². The third-order valence-corrected chi connectivity index (χ3v) is 7.12. The fourth-order valence-corrected chi connectivity index (χ4v) is 4.47. The summed E-state index contributed by atoms with van der Waals surface area (Å²) in [6.45, 7) is 7.32. The number of nitrogens with one attached hydrogen (secondary N) is 5. The molecule has 232 valence electrons. The van der Waals surface area contributed by atoms with Crippen molar-refractivity contribution in [2.24, 2.45) is 22.4 Å². The van der Waals surface area contributed by atoms with Crippen molar-refractivity contribution in [3.05, 3.63) is 35.9 Å². The van der Waals surface area contributed by atoms with Gasteiger partial charge in [0.15, 0.2) is 5.96 Å². The summed E-state index contributed by atoms with van der Waals surface area (Å²) < 4.78 is 0. The molecule has 0 bridgehead atoms. The number of hydrogen-bond acceptors (Lipinski definition) is 6. The van der Waals surface area contributed by atoms with Gasteiger partial charge >= 0.3 is 0 Å². The van der Waals surface area contributed by atoms with Gasteiger partial charge < -0.3 is 38.1 Å². The second-order valence-electron chi connectivity index (χ2n) is 11.0. The first kappa shape index (κ1) is 34.0. The molecule has 0 spiro atoms. The summed E-state index contributed by atoms with van der Waals surface area (Å²) in [6.07, 6.45) is 2.05. The Balaban J connectivity index is 2.42. The van der Waals surface area contributed by atoms with Gasteiger partial charge in [-0.1, -0.05) is 51.1 Å². The van der Waals surface area contributed by atoms with Crippen molar-refractivity contribution in [3.8, 4) is 0 Å². The Bertz CT molecular complexity index is 1120. The topological polar surface area (TPSA) is 210 Å². The number of nitrogens with two attached hydrogens (primary N) is 2. The van der Waals surface area contributed by atoms with Crippen molar-refractivity contribution in [1.29, 1.82) is 0 Å². The summed E-state index contributed by atoms with van der Waals surface area (Å²) in [5.41, 5.74) is 10.1. The van der Waals surface area contributed by atoms with Crippen LogP contribution in [0.5, 0.6) is 0 Å². The number of carbonyl (C=O) groups excluding carboxylic acids is 5. The van der Waals surface area contributed by atoms with E-state index in [2.05, 4.69) is 31.6 Å². The Hall–Kier alpha value is -4.16. The highest BCUT2D eigenvalue weighted by Crippen LogP contribution is 2.18. The van der Waals surface area contributed by atoms with Gasteiger partial charge in [0.25, 0.3) is 0 Å². The van der Waals surface area contributed by atoms with E-state index in [9.17, 15) is 24.0 Å². The molecule has 0 saturated carbocycles. The Labute approximate surface area is 247 Å². The molecule has 0 aromatic heterocycles. The average molecular weight is 587 g/mol. The minimum Gasteiger partial charge on any atom is -0.370 e. The summed E-state index contributed by atoms with van der Waals surface area (Å²) in [7, 11) is 0. The number of carbonyl (C=O) groups is 5. The fraction of sp³-hybridized carbons (Fsp3) is 0.586. The minimum atomic E-state index is -1.32. The number of nitrogens with zero attached hydrogens (tertiary/aromatic N) is 1. The lowest BCUT2D eigenvalue weighted by Gasteiger charge is -2.33. The van der Waals surface area contributed by atoms with Crippen molar-refractivity contribution in [1.82, 2.24) is 26.6 Å². The number of hydrogen-bond donors (Lipinski definition) is 7. The maximum Gasteiger partial charge on any atom is 0.247 e. The van der Waals surface area contributed by atoms with Gasteiger partial charge in [0, 0.05) is 19.0 Å². The SMILES string of the molecule is CC[C@@H]1NC(=O)C(CCCN=C(N)N)NC(=O)[C@](C)(NC(=O)C(C)C)CCCCNC(=O)[C@@H](c2ccccc2)NC1=O. The molecular weight excluding hydrogens is 540 g/mol. The zero-order chi connectivity index (χ0) is 31.3. The van der Waals surface area contributed by atoms with Crippen LogP contribution in [-0.4, -0.2) is 66.2 Å². The summed E-state index contributed by atoms with van der Waals surface area (Å²) in [5.74, 6) is -2.82. The standard InChI is InChI=1S/C29H46N8O5/c1-5-20-24(39)36-22(19-12-7-6-8-13-19)26(41)32-16-10-9-15-29(4,37-23(38)18(2)3)27(42)35-21(25(40)34-20)14-11-17-33-28(30)31/h6-8,12-13,18,20-22H,5,9-11,14-17H2,1-4H3,(H,32,41)(H,34,40)(H,35,42)(H,36,39)(H,37,38)(H4,30,31,33)/t20-,21?,22+,29+/m0/s1. The number of benzene rings is 1. The highest BCUT2D eigenvalue weighted by Gasteiger charge is 2.38. The predicted molar refractivity (Wildman–Crippen MR) is 160 cm³/mol. The van der Waals surface area contributed by atoms with Crippen molar-refractivity contribution in [2.45, 2.75) is 89.9 Å². The number of guanidine groups is 1. The van der Waals surface area contributed by atoms with Crippen LogP contribution < -0.4 is 38.1 Å². The van der Waals surface area contributed by atoms with Gasteiger partial charge in [0.2, 0.25) is 29.5 Å². The van der Waals surface area contributed by atoms with E-state index in [1.165, 1.54) is 0 Å². The van der Waals surface area contributed by atoms with Crippen molar-refractivity contribution in [3.63, 3.8) is 0 Å². The van der Waals surface area contributed by atoms with E-state index in [0.29, 0.717) is 31.4 Å². The summed E-state index contributed by atoms with van der Waals surface area (Å²) >= 11 is 0. The second kappa shape index (κ2) is 16.3. The van der Waals surface area contributed by atoms with Gasteiger partial charge in [-0.15, -0.1) is 0 Å². The van der Waals surface area contributed by atoms with E-state index in [1.807, 2.05) is 6.07 Å². The van der Waals surface area contributed by atoms with Crippen LogP contribution >= 0.6 is 0 Å². The van der Waals surface area contributed by atoms with Crippen LogP contribution in [0.25, 0.3) is 0 Å². The van der Waals surface area contributed by atoms with E-state index < -0.39 is 47.3 Å². The lowest BCUT2D eigenvalue weighted by molar-refractivity contribution is -0.137. The highest BCUT2D eigenvalue weighted by atomic mass is 16.2. The van der Waals surface area contributed by atoms with Crippen molar-refractivity contribution < 1.29 is 24.0 Å². The Morgan fingerprint density at radius 2 is 1.67 bits per heavy atom. The second-order valence-corrected chi connectivity index (χ2v) is 11.0. The van der Waals surface area contributed by atoms with E-state index in [1.54, 1.807) is 52.0 Å². The third-order valence-electron chi connectivity index (χ3n) is 7.12. The average Bonchev–Trinajstić information content (AvgIpc) is 2.95. The van der Waals surface area contributed by atoms with Gasteiger partial charge in [-0.05, 0) is 51.0 Å². The zero-order valence-electron chi connectivity index (χ0n) is 25.0. The van der Waals surface area contributed by atoms with Crippen LogP contribution in [0, 0.1) is 5.92 Å². The lowest BCUT2D eigenvalue weighted by atomic mass is 9.91. The maximum atomic E-state index is 13.6. The zero-order valence-corrected chi connectivity index (χ0v) is 25.0. The molecule has 1 heterocycles. The predicted octanol–water partition coefficient (Wildman–Crippen LogP) is 0.108. The van der Waals surface area contributed by atoms with Gasteiger partial charge in [-0.2, -0.15) is 0 Å². The molecular formula is C29H46N8O5. The minimum absolute atomic E-state index is 0.0924. The van der Waals surface area contributed by atoms with Gasteiger partial charge in [-0.25, -0.2) is 0 Å². The first-order valence-electron chi connectivity index (χ1n) is 14.5. The smallest absolute Gasteiger partial charge is 0.247 e. The molecule has 1 aliphatic heterocycles. The molecule has 1 aromatic carbocycles. The molecule has 0 aliphatic carbocycles. The Kier molecular flexibility index (Phi) is 13.2. The summed E-state index contributed by atoms with van der Waals surface area (Å²) in [5, 5.41) is 14.0. The molecule has 42 heavy (non-hydrogen) atoms. The first-order valence-corrected chi connectivity index (χ1v) is 14.5. The van der Waals surface area contributed by atoms with E-state index in [4.69, 9.17) is 11.5 Å². The largest absolute Gasteiger partial charge is 0.370 e. The van der Waals surface area contributed by atoms with Crippen LogP contribution in [0.2, 0.25) is 0 Å². The van der Waals surface area contributed by atoms with E-state index >= 15 is 0 Å². The molecule has 9 N–H and O–H groups in total. The van der Waals surface area contributed by atoms with Crippen molar-refractivity contribution >= 4 is 35.5 Å². The molecule has 5 amide bonds. The molecule has 13 nitrogen and oxygen atoms in total. The van der Waals surface area contributed by atoms with Gasteiger partial charge in [-0.3, -0.25) is 29.0 Å². The lowest BCUT2D eigenvalue weighted by Crippen LogP contribution is -2.62. The van der Waals surface area contributed by atoms with Gasteiger partial charge in [0.05, 0.1) is 0 Å². The van der Waals surface area contributed by atoms with E-state index in [0.717, 1.165) is 0 Å². The highest BCUT2D eigenvalue weighted by molar-refractivity contribution is 5.97. The maximum absolute atomic E-state index is 13.6. The number of aliphatic imine (C=N–C) groups is 1. The number of amides is 5. The molecule has 1 saturated heterocycles. The quantitative estimate of drug-likeness (QED) is 0.127. The third kappa shape index (κ3) is 10.3. The van der Waals surface area contributed by atoms with Gasteiger partial charge in [0.1, 0.15) is 23.7 Å². The number of rotatable bonds is 8. The monoisotopic (exact) mass is 586 g/mol. The van der Waals surface area contributed by atoms with Crippen LogP contribution in [0.3, 0.4) is 0 Å². The normalized spacial score (nSPS) is 24.5. The molecule has 1 fully saturated rings. The molecule has 2 rings (SSSR count). The molecule has 1 aliphatic rings. The van der Waals surface area contributed by atoms with Crippen LogP contribution in [0.1, 0.15) is 77.8 Å². The Morgan fingerprint density at radius 3 is 2.29 bits per heavy atom. The molecule has 13 heteroatoms. The van der Waals surface area contributed by atoms with Crippen LogP contribution in [0.4, 0.5) is 0 Å². The van der Waals surface area contributed by atoms with Crippen LogP contribution in [0.15, 0.2) is 35.3 Å². The van der Waals surface area contributed by atoms with Crippen molar-refractivity contribution in [2.75, 3.05) is 13.1 Å². The summed E-state index contributed by atoms with van der Waals surface area (Å²) in [6, 6.07) is 5.86. The summed E-state index contributed by atoms with van der Waals surface area (Å²) in [4.78, 5) is 70.2. The first-order chi connectivity index (χ1) is 19.9.